The molecule has 0 unspecified atom stereocenters. The molecule has 0 spiro atoms. The predicted molar refractivity (Wildman–Crippen MR) is 111 cm³/mol. The van der Waals surface area contributed by atoms with Gasteiger partial charge in [-0.3, -0.25) is 4.79 Å². The molecule has 0 radical (unpaired) electrons. The van der Waals surface area contributed by atoms with Crippen molar-refractivity contribution in [2.75, 3.05) is 36.4 Å². The van der Waals surface area contributed by atoms with Crippen molar-refractivity contribution >= 4 is 17.7 Å². The molecule has 1 N–H and O–H groups in total. The summed E-state index contributed by atoms with van der Waals surface area (Å²) in [6.07, 6.45) is 3.87. The first-order valence-corrected chi connectivity index (χ1v) is 10.0. The van der Waals surface area contributed by atoms with Gasteiger partial charge in [0, 0.05) is 43.9 Å². The highest BCUT2D eigenvalue weighted by Gasteiger charge is 2.26. The van der Waals surface area contributed by atoms with Crippen LogP contribution in [0.5, 0.6) is 0 Å². The molecule has 0 bridgehead atoms. The number of carbonyl (C=O) groups excluding carboxylic acids is 1. The minimum absolute atomic E-state index is 0.0570. The molecule has 1 saturated carbocycles. The summed E-state index contributed by atoms with van der Waals surface area (Å²) in [5.74, 6) is 1.91. The van der Waals surface area contributed by atoms with Crippen LogP contribution in [0.2, 0.25) is 0 Å². The van der Waals surface area contributed by atoms with E-state index < -0.39 is 0 Å². The van der Waals surface area contributed by atoms with Gasteiger partial charge < -0.3 is 19.5 Å². The fraction of sp³-hybridized carbons (Fsp3) is 0.318. The van der Waals surface area contributed by atoms with Crippen LogP contribution in [0.1, 0.15) is 23.4 Å². The van der Waals surface area contributed by atoms with Crippen molar-refractivity contribution in [3.8, 4) is 11.3 Å². The molecule has 1 aromatic carbocycles. The Morgan fingerprint density at radius 2 is 1.79 bits per heavy atom. The number of carbonyl (C=O) groups is 1. The van der Waals surface area contributed by atoms with Gasteiger partial charge in [0.15, 0.2) is 5.76 Å². The lowest BCUT2D eigenvalue weighted by Gasteiger charge is -2.35. The van der Waals surface area contributed by atoms with Gasteiger partial charge in [-0.2, -0.15) is 4.98 Å². The third-order valence-electron chi connectivity index (χ3n) is 5.32. The molecule has 5 rings (SSSR count). The van der Waals surface area contributed by atoms with Gasteiger partial charge in [0.1, 0.15) is 5.82 Å². The van der Waals surface area contributed by atoms with Crippen LogP contribution in [0.15, 0.2) is 59.2 Å². The molecule has 1 aliphatic heterocycles. The number of furan rings is 1. The highest BCUT2D eigenvalue weighted by Crippen LogP contribution is 2.28. The first-order valence-electron chi connectivity index (χ1n) is 10.0. The van der Waals surface area contributed by atoms with Gasteiger partial charge in [-0.1, -0.05) is 30.3 Å². The number of hydrogen-bond donors (Lipinski definition) is 1. The predicted octanol–water partition coefficient (Wildman–Crippen LogP) is 3.27. The van der Waals surface area contributed by atoms with Crippen LogP contribution in [0.25, 0.3) is 11.3 Å². The van der Waals surface area contributed by atoms with Crippen LogP contribution in [0.4, 0.5) is 11.8 Å². The van der Waals surface area contributed by atoms with E-state index in [0.717, 1.165) is 30.2 Å². The second-order valence-electron chi connectivity index (χ2n) is 7.48. The summed E-state index contributed by atoms with van der Waals surface area (Å²) >= 11 is 0. The minimum Gasteiger partial charge on any atom is -0.459 e. The maximum absolute atomic E-state index is 12.5. The third-order valence-corrected chi connectivity index (χ3v) is 5.32. The zero-order valence-electron chi connectivity index (χ0n) is 16.1. The quantitative estimate of drug-likeness (QED) is 0.722. The lowest BCUT2D eigenvalue weighted by atomic mass is 10.1. The maximum atomic E-state index is 12.5. The summed E-state index contributed by atoms with van der Waals surface area (Å²) in [6.45, 7) is 2.71. The van der Waals surface area contributed by atoms with E-state index in [1.165, 1.54) is 19.1 Å². The molecule has 29 heavy (non-hydrogen) atoms. The number of amides is 1. The largest absolute Gasteiger partial charge is 0.459 e. The number of benzene rings is 1. The van der Waals surface area contributed by atoms with Crippen LogP contribution in [0.3, 0.4) is 0 Å². The van der Waals surface area contributed by atoms with Gasteiger partial charge in [-0.15, -0.1) is 0 Å². The Balaban J connectivity index is 1.35. The maximum Gasteiger partial charge on any atom is 0.289 e. The molecule has 7 heteroatoms. The number of rotatable bonds is 5. The van der Waals surface area contributed by atoms with E-state index in [1.807, 2.05) is 29.2 Å². The monoisotopic (exact) mass is 389 g/mol. The van der Waals surface area contributed by atoms with E-state index >= 15 is 0 Å². The Bertz CT molecular complexity index is 978. The van der Waals surface area contributed by atoms with Gasteiger partial charge in [-0.25, -0.2) is 4.98 Å². The minimum atomic E-state index is -0.0570. The van der Waals surface area contributed by atoms with Crippen molar-refractivity contribution in [1.29, 1.82) is 0 Å². The number of aromatic nitrogens is 2. The smallest absolute Gasteiger partial charge is 0.289 e. The lowest BCUT2D eigenvalue weighted by molar-refractivity contribution is 0.0714. The topological polar surface area (TPSA) is 74.5 Å². The molecule has 1 saturated heterocycles. The second-order valence-corrected chi connectivity index (χ2v) is 7.48. The molecule has 7 nitrogen and oxygen atoms in total. The molecular weight excluding hydrogens is 366 g/mol. The SMILES string of the molecule is O=C(c1ccco1)N1CCN(c2cc(-c3ccccc3)nc(NC3CC3)n2)CC1. The number of nitrogens with one attached hydrogen (secondary N) is 1. The molecule has 2 aromatic heterocycles. The van der Waals surface area contributed by atoms with E-state index in [2.05, 4.69) is 22.3 Å². The average molecular weight is 389 g/mol. The van der Waals surface area contributed by atoms with Crippen molar-refractivity contribution in [3.05, 3.63) is 60.6 Å². The standard InChI is InChI=1S/C22H23N5O2/c28-21(19-7-4-14-29-19)27-12-10-26(11-13-27)20-15-18(16-5-2-1-3-6-16)24-22(25-20)23-17-8-9-17/h1-7,14-15,17H,8-13H2,(H,23,24,25). The van der Waals surface area contributed by atoms with E-state index in [9.17, 15) is 4.79 Å². The molecular formula is C22H23N5O2. The third kappa shape index (κ3) is 3.94. The molecule has 3 heterocycles. The Morgan fingerprint density at radius 1 is 1.00 bits per heavy atom. The van der Waals surface area contributed by atoms with Gasteiger partial charge in [0.2, 0.25) is 5.95 Å². The summed E-state index contributed by atoms with van der Waals surface area (Å²) in [7, 11) is 0. The van der Waals surface area contributed by atoms with Crippen LogP contribution in [-0.2, 0) is 0 Å². The number of anilines is 2. The van der Waals surface area contributed by atoms with Crippen molar-refractivity contribution < 1.29 is 9.21 Å². The first kappa shape index (κ1) is 17.7. The van der Waals surface area contributed by atoms with Crippen molar-refractivity contribution in [3.63, 3.8) is 0 Å². The van der Waals surface area contributed by atoms with Gasteiger partial charge in [0.25, 0.3) is 5.91 Å². The molecule has 0 atom stereocenters. The molecule has 1 amide bonds. The summed E-state index contributed by atoms with van der Waals surface area (Å²) in [5.41, 5.74) is 1.98. The van der Waals surface area contributed by atoms with Crippen molar-refractivity contribution in [2.24, 2.45) is 0 Å². The van der Waals surface area contributed by atoms with Gasteiger partial charge in [0.05, 0.1) is 12.0 Å². The van der Waals surface area contributed by atoms with Crippen molar-refractivity contribution in [2.45, 2.75) is 18.9 Å². The molecule has 148 valence electrons. The zero-order chi connectivity index (χ0) is 19.6. The molecule has 1 aliphatic carbocycles. The molecule has 3 aromatic rings. The van der Waals surface area contributed by atoms with E-state index in [-0.39, 0.29) is 5.91 Å². The van der Waals surface area contributed by atoms with Gasteiger partial charge >= 0.3 is 0 Å². The Kier molecular flexibility index (Phi) is 4.63. The van der Waals surface area contributed by atoms with E-state index in [4.69, 9.17) is 14.4 Å². The summed E-state index contributed by atoms with van der Waals surface area (Å²) in [4.78, 5) is 26.0. The van der Waals surface area contributed by atoms with E-state index in [1.54, 1.807) is 12.1 Å². The first-order chi connectivity index (χ1) is 14.3. The number of hydrogen-bond acceptors (Lipinski definition) is 6. The Labute approximate surface area is 169 Å². The van der Waals surface area contributed by atoms with Crippen LogP contribution >= 0.6 is 0 Å². The van der Waals surface area contributed by atoms with Gasteiger partial charge in [-0.05, 0) is 25.0 Å². The van der Waals surface area contributed by atoms with E-state index in [0.29, 0.717) is 30.8 Å². The lowest BCUT2D eigenvalue weighted by Crippen LogP contribution is -2.49. The second kappa shape index (κ2) is 7.58. The fourth-order valence-corrected chi connectivity index (χ4v) is 3.52. The fourth-order valence-electron chi connectivity index (χ4n) is 3.52. The highest BCUT2D eigenvalue weighted by atomic mass is 16.3. The Morgan fingerprint density at radius 3 is 2.48 bits per heavy atom. The normalized spacial score (nSPS) is 16.7. The highest BCUT2D eigenvalue weighted by molar-refractivity contribution is 5.91. The van der Waals surface area contributed by atoms with Crippen molar-refractivity contribution in [1.82, 2.24) is 14.9 Å². The average Bonchev–Trinajstić information content (AvgIpc) is 3.41. The number of nitrogens with zero attached hydrogens (tertiary/aromatic N) is 4. The van der Waals surface area contributed by atoms with Crippen LogP contribution in [-0.4, -0.2) is 53.0 Å². The summed E-state index contributed by atoms with van der Waals surface area (Å²) in [5, 5.41) is 3.43. The summed E-state index contributed by atoms with van der Waals surface area (Å²) < 4.78 is 5.25. The van der Waals surface area contributed by atoms with Crippen LogP contribution in [0, 0.1) is 0 Å². The zero-order valence-corrected chi connectivity index (χ0v) is 16.1. The number of piperazine rings is 1. The molecule has 2 fully saturated rings. The van der Waals surface area contributed by atoms with Crippen LogP contribution < -0.4 is 10.2 Å². The Hall–Kier alpha value is -3.35. The summed E-state index contributed by atoms with van der Waals surface area (Å²) in [6, 6.07) is 16.1. The molecule has 2 aliphatic rings.